The number of methoxy groups -OCH3 is 3. The van der Waals surface area contributed by atoms with Gasteiger partial charge < -0.3 is 29.3 Å². The molecule has 12 heteroatoms. The van der Waals surface area contributed by atoms with Crippen LogP contribution in [0.25, 0.3) is 10.9 Å². The van der Waals surface area contributed by atoms with Crippen molar-refractivity contribution in [1.82, 2.24) is 25.1 Å². The first-order chi connectivity index (χ1) is 21.3. The van der Waals surface area contributed by atoms with E-state index in [1.165, 1.54) is 6.20 Å². The van der Waals surface area contributed by atoms with Gasteiger partial charge in [-0.15, -0.1) is 0 Å². The highest BCUT2D eigenvalue weighted by Gasteiger charge is 2.27. The molecule has 2 aliphatic heterocycles. The van der Waals surface area contributed by atoms with Crippen molar-refractivity contribution < 1.29 is 23.8 Å². The molecule has 3 aromatic rings. The fourth-order valence-electron chi connectivity index (χ4n) is 6.05. The molecule has 1 atom stereocenters. The number of halogens is 1. The molecule has 0 spiro atoms. The molecule has 1 unspecified atom stereocenters. The number of anilines is 1. The lowest BCUT2D eigenvalue weighted by atomic mass is 9.97. The molecule has 236 valence electrons. The number of benzene rings is 1. The van der Waals surface area contributed by atoms with Crippen LogP contribution in [0.1, 0.15) is 42.2 Å². The maximum atomic E-state index is 13.5. The molecule has 0 radical (unpaired) electrons. The highest BCUT2D eigenvalue weighted by molar-refractivity contribution is 6.30. The predicted molar refractivity (Wildman–Crippen MR) is 170 cm³/mol. The van der Waals surface area contributed by atoms with Crippen molar-refractivity contribution >= 4 is 40.1 Å². The minimum absolute atomic E-state index is 0.0659. The molecule has 2 bridgehead atoms. The van der Waals surface area contributed by atoms with Crippen LogP contribution in [0.2, 0.25) is 5.02 Å². The Morgan fingerprint density at radius 2 is 1.89 bits per heavy atom. The molecule has 11 nitrogen and oxygen atoms in total. The average Bonchev–Trinajstić information content (AvgIpc) is 3.05. The van der Waals surface area contributed by atoms with E-state index in [0.717, 1.165) is 54.8 Å². The Morgan fingerprint density at radius 3 is 2.59 bits per heavy atom. The van der Waals surface area contributed by atoms with Crippen molar-refractivity contribution in [3.8, 4) is 17.2 Å². The normalized spacial score (nSPS) is 18.6. The number of rotatable bonds is 5. The van der Waals surface area contributed by atoms with Gasteiger partial charge in [0.05, 0.1) is 31.9 Å². The third-order valence-corrected chi connectivity index (χ3v) is 8.68. The number of hydrogen-bond donors (Lipinski definition) is 1. The zero-order chi connectivity index (χ0) is 31.2. The van der Waals surface area contributed by atoms with Crippen molar-refractivity contribution in [2.24, 2.45) is 5.92 Å². The molecule has 5 rings (SSSR count). The lowest BCUT2D eigenvalue weighted by Crippen LogP contribution is -2.42. The number of aromatic nitrogens is 2. The number of nitrogens with zero attached hydrogens (tertiary/aromatic N) is 5. The van der Waals surface area contributed by atoms with Gasteiger partial charge >= 0.3 is 0 Å². The maximum absolute atomic E-state index is 13.5. The number of carbonyl (C=O) groups is 2. The van der Waals surface area contributed by atoms with E-state index in [1.807, 2.05) is 6.07 Å². The monoisotopic (exact) mass is 624 g/mol. The Labute approximate surface area is 263 Å². The predicted octanol–water partition coefficient (Wildman–Crippen LogP) is 4.01. The number of hydrogen-bond acceptors (Lipinski definition) is 9. The van der Waals surface area contributed by atoms with Crippen molar-refractivity contribution in [2.75, 3.05) is 72.0 Å². The molecule has 2 aliphatic rings. The number of ether oxygens (including phenoxy) is 3. The molecule has 2 aromatic heterocycles. The van der Waals surface area contributed by atoms with E-state index in [0.29, 0.717) is 60.7 Å². The van der Waals surface area contributed by atoms with E-state index in [9.17, 15) is 9.59 Å². The Kier molecular flexibility index (Phi) is 10.3. The van der Waals surface area contributed by atoms with Crippen LogP contribution >= 0.6 is 11.6 Å². The van der Waals surface area contributed by atoms with E-state index >= 15 is 0 Å². The van der Waals surface area contributed by atoms with Gasteiger partial charge in [-0.25, -0.2) is 9.97 Å². The fourth-order valence-corrected chi connectivity index (χ4v) is 6.16. The number of piperidine rings is 1. The summed E-state index contributed by atoms with van der Waals surface area (Å²) in [5.41, 5.74) is 2.11. The highest BCUT2D eigenvalue weighted by Crippen LogP contribution is 2.44. The summed E-state index contributed by atoms with van der Waals surface area (Å²) < 4.78 is 17.1. The van der Waals surface area contributed by atoms with Gasteiger partial charge in [0.2, 0.25) is 11.7 Å². The number of fused-ring (bicyclic) bond motifs is 5. The molecule has 1 aromatic carbocycles. The third-order valence-electron chi connectivity index (χ3n) is 8.45. The zero-order valence-electron chi connectivity index (χ0n) is 25.9. The molecular weight excluding hydrogens is 584 g/mol. The first-order valence-corrected chi connectivity index (χ1v) is 15.5. The lowest BCUT2D eigenvalue weighted by Gasteiger charge is -2.35. The zero-order valence-corrected chi connectivity index (χ0v) is 26.7. The Hall–Kier alpha value is -3.83. The topological polar surface area (TPSA) is 109 Å². The van der Waals surface area contributed by atoms with E-state index in [-0.39, 0.29) is 24.2 Å². The van der Waals surface area contributed by atoms with Gasteiger partial charge in [-0.3, -0.25) is 14.5 Å². The molecule has 0 aliphatic carbocycles. The summed E-state index contributed by atoms with van der Waals surface area (Å²) in [7, 11) is 4.82. The fraction of sp³-hybridized carbons (Fsp3) is 0.500. The van der Waals surface area contributed by atoms with Crippen LogP contribution in [0.3, 0.4) is 0 Å². The first kappa shape index (κ1) is 31.6. The van der Waals surface area contributed by atoms with Crippen LogP contribution in [-0.4, -0.2) is 98.7 Å². The van der Waals surface area contributed by atoms with E-state index in [2.05, 4.69) is 33.1 Å². The van der Waals surface area contributed by atoms with Crippen molar-refractivity contribution in [1.29, 1.82) is 0 Å². The van der Waals surface area contributed by atoms with Crippen LogP contribution in [0.15, 0.2) is 30.5 Å². The molecule has 2 amide bonds. The summed E-state index contributed by atoms with van der Waals surface area (Å²) >= 11 is 6.01. The number of likely N-dealkylation sites (N-methyl/N-ethyl adjacent to an activating group) is 1. The Bertz CT molecular complexity index is 1490. The number of nitrogens with one attached hydrogen (secondary N) is 1. The molecule has 4 heterocycles. The quantitative estimate of drug-likeness (QED) is 0.450. The van der Waals surface area contributed by atoms with Crippen LogP contribution < -0.4 is 24.4 Å². The summed E-state index contributed by atoms with van der Waals surface area (Å²) in [6.07, 6.45) is 3.71. The van der Waals surface area contributed by atoms with Gasteiger partial charge in [0, 0.05) is 75.4 Å². The maximum Gasteiger partial charge on any atom is 0.272 e. The van der Waals surface area contributed by atoms with Gasteiger partial charge in [0.15, 0.2) is 11.5 Å². The SMILES string of the molecule is CCN1CCN(C(=O)c2ccc(Cl)cn2)CCC(=O)NCC2CCCN(C2)c2nc3cc(OC)c(OC)c(OC)c3cc2C1. The van der Waals surface area contributed by atoms with Crippen molar-refractivity contribution in [3.05, 3.63) is 46.7 Å². The number of pyridine rings is 2. The second-order valence-electron chi connectivity index (χ2n) is 11.2. The molecular formula is C32H41ClN6O5. The van der Waals surface area contributed by atoms with Crippen LogP contribution in [-0.2, 0) is 11.3 Å². The molecule has 44 heavy (non-hydrogen) atoms. The van der Waals surface area contributed by atoms with Crippen LogP contribution in [0.4, 0.5) is 5.82 Å². The van der Waals surface area contributed by atoms with Gasteiger partial charge in [-0.1, -0.05) is 18.5 Å². The third kappa shape index (κ3) is 6.94. The summed E-state index contributed by atoms with van der Waals surface area (Å²) in [5, 5.41) is 4.42. The highest BCUT2D eigenvalue weighted by atomic mass is 35.5. The van der Waals surface area contributed by atoms with Crippen LogP contribution in [0, 0.1) is 5.92 Å². The van der Waals surface area contributed by atoms with Gasteiger partial charge in [0.1, 0.15) is 11.5 Å². The molecule has 1 saturated heterocycles. The average molecular weight is 625 g/mol. The van der Waals surface area contributed by atoms with Gasteiger partial charge in [-0.05, 0) is 43.5 Å². The Morgan fingerprint density at radius 1 is 1.07 bits per heavy atom. The van der Waals surface area contributed by atoms with Crippen molar-refractivity contribution in [3.63, 3.8) is 0 Å². The van der Waals surface area contributed by atoms with Crippen LogP contribution in [0.5, 0.6) is 17.2 Å². The Balaban J connectivity index is 1.54. The summed E-state index contributed by atoms with van der Waals surface area (Å²) in [6.45, 7) is 7.04. The van der Waals surface area contributed by atoms with E-state index < -0.39 is 0 Å². The number of amides is 2. The molecule has 0 saturated carbocycles. The summed E-state index contributed by atoms with van der Waals surface area (Å²) in [5.74, 6) is 2.54. The standard InChI is InChI=1S/C32H41ClN6O5/c1-5-37-13-14-38(32(41)25-9-8-23(33)18-34-25)12-10-28(40)35-17-21-7-6-11-39(19-21)31-22(20-37)15-24-26(36-31)16-27(42-2)30(44-4)29(24)43-3/h8-9,15-16,18,21H,5-7,10-14,17,19-20H2,1-4H3,(H,35,40). The number of carbonyl (C=O) groups excluding carboxylic acids is 2. The lowest BCUT2D eigenvalue weighted by molar-refractivity contribution is -0.121. The minimum atomic E-state index is -0.226. The minimum Gasteiger partial charge on any atom is -0.493 e. The van der Waals surface area contributed by atoms with Gasteiger partial charge in [-0.2, -0.15) is 0 Å². The van der Waals surface area contributed by atoms with Gasteiger partial charge in [0.25, 0.3) is 5.91 Å². The molecule has 1 fully saturated rings. The first-order valence-electron chi connectivity index (χ1n) is 15.1. The van der Waals surface area contributed by atoms with E-state index in [4.69, 9.17) is 30.8 Å². The second-order valence-corrected chi connectivity index (χ2v) is 11.7. The van der Waals surface area contributed by atoms with E-state index in [1.54, 1.807) is 38.4 Å². The summed E-state index contributed by atoms with van der Waals surface area (Å²) in [4.78, 5) is 42.2. The smallest absolute Gasteiger partial charge is 0.272 e. The second kappa shape index (κ2) is 14.3. The molecule has 1 N–H and O–H groups in total. The largest absolute Gasteiger partial charge is 0.493 e. The summed E-state index contributed by atoms with van der Waals surface area (Å²) in [6, 6.07) is 7.31. The van der Waals surface area contributed by atoms with Crippen molar-refractivity contribution in [2.45, 2.75) is 32.7 Å².